The fourth-order valence-electron chi connectivity index (χ4n) is 2.69. The number of nitrogens with one attached hydrogen (secondary N) is 1. The summed E-state index contributed by atoms with van der Waals surface area (Å²) >= 11 is 12.0. The molecule has 20 heavy (non-hydrogen) atoms. The smallest absolute Gasteiger partial charge is 0.227 e. The molecule has 5 heteroatoms. The number of carbonyl (C=O) groups is 1. The summed E-state index contributed by atoms with van der Waals surface area (Å²) in [6.07, 6.45) is 2.61. The van der Waals surface area contributed by atoms with Crippen molar-refractivity contribution in [1.82, 2.24) is 10.2 Å². The molecule has 1 atom stereocenters. The van der Waals surface area contributed by atoms with Gasteiger partial charge in [0.25, 0.3) is 0 Å². The zero-order chi connectivity index (χ0) is 14.5. The molecular formula is C15H20Cl2N2O. The highest BCUT2D eigenvalue weighted by Gasteiger charge is 2.23. The number of likely N-dealkylation sites (tertiary alicyclic amines) is 1. The second-order valence-electron chi connectivity index (χ2n) is 5.32. The van der Waals surface area contributed by atoms with Crippen LogP contribution in [0, 0.1) is 5.92 Å². The fourth-order valence-corrected chi connectivity index (χ4v) is 3.16. The first-order chi connectivity index (χ1) is 9.60. The number of benzene rings is 1. The standard InChI is InChI=1S/C15H20Cl2N2O/c1-18-9-11-3-2-6-19(10-11)15(20)7-12-4-5-13(16)8-14(12)17/h4-5,8,11,18H,2-3,6-7,9-10H2,1H3. The van der Waals surface area contributed by atoms with Gasteiger partial charge in [0.2, 0.25) is 5.91 Å². The van der Waals surface area contributed by atoms with E-state index in [-0.39, 0.29) is 5.91 Å². The molecule has 1 aliphatic heterocycles. The van der Waals surface area contributed by atoms with Crippen LogP contribution in [0.4, 0.5) is 0 Å². The molecule has 1 saturated heterocycles. The highest BCUT2D eigenvalue weighted by atomic mass is 35.5. The van der Waals surface area contributed by atoms with Crippen molar-refractivity contribution in [3.8, 4) is 0 Å². The van der Waals surface area contributed by atoms with Gasteiger partial charge in [0.15, 0.2) is 0 Å². The predicted octanol–water partition coefficient (Wildman–Crippen LogP) is 2.99. The van der Waals surface area contributed by atoms with Gasteiger partial charge in [0.1, 0.15) is 0 Å². The summed E-state index contributed by atoms with van der Waals surface area (Å²) < 4.78 is 0. The summed E-state index contributed by atoms with van der Waals surface area (Å²) in [5, 5.41) is 4.35. The third-order valence-corrected chi connectivity index (χ3v) is 4.31. The molecule has 1 amide bonds. The topological polar surface area (TPSA) is 32.3 Å². The molecule has 1 N–H and O–H groups in total. The number of nitrogens with zero attached hydrogens (tertiary/aromatic N) is 1. The minimum absolute atomic E-state index is 0.148. The van der Waals surface area contributed by atoms with E-state index >= 15 is 0 Å². The molecular weight excluding hydrogens is 295 g/mol. The molecule has 0 saturated carbocycles. The number of amides is 1. The van der Waals surface area contributed by atoms with E-state index in [0.717, 1.165) is 31.6 Å². The van der Waals surface area contributed by atoms with Gasteiger partial charge in [0.05, 0.1) is 6.42 Å². The Bertz CT molecular complexity index is 477. The third-order valence-electron chi connectivity index (χ3n) is 3.72. The van der Waals surface area contributed by atoms with E-state index in [1.165, 1.54) is 6.42 Å². The van der Waals surface area contributed by atoms with Crippen molar-refractivity contribution in [2.45, 2.75) is 19.3 Å². The van der Waals surface area contributed by atoms with Gasteiger partial charge in [-0.05, 0) is 50.0 Å². The predicted molar refractivity (Wildman–Crippen MR) is 83.4 cm³/mol. The Morgan fingerprint density at radius 1 is 1.45 bits per heavy atom. The lowest BCUT2D eigenvalue weighted by atomic mass is 9.97. The Kier molecular flexibility index (Phi) is 5.70. The first-order valence-electron chi connectivity index (χ1n) is 6.96. The van der Waals surface area contributed by atoms with E-state index in [4.69, 9.17) is 23.2 Å². The molecule has 1 aromatic rings. The highest BCUT2D eigenvalue weighted by molar-refractivity contribution is 6.35. The first kappa shape index (κ1) is 15.6. The van der Waals surface area contributed by atoms with Crippen LogP contribution in [-0.4, -0.2) is 37.5 Å². The minimum atomic E-state index is 0.148. The average molecular weight is 315 g/mol. The second kappa shape index (κ2) is 7.30. The third kappa shape index (κ3) is 4.11. The van der Waals surface area contributed by atoms with Gasteiger partial charge in [-0.2, -0.15) is 0 Å². The van der Waals surface area contributed by atoms with Gasteiger partial charge < -0.3 is 10.2 Å². The molecule has 1 fully saturated rings. The van der Waals surface area contributed by atoms with Crippen molar-refractivity contribution in [3.05, 3.63) is 33.8 Å². The fraction of sp³-hybridized carbons (Fsp3) is 0.533. The molecule has 0 aliphatic carbocycles. The molecule has 0 bridgehead atoms. The Morgan fingerprint density at radius 2 is 2.25 bits per heavy atom. The van der Waals surface area contributed by atoms with Crippen molar-refractivity contribution in [1.29, 1.82) is 0 Å². The molecule has 1 unspecified atom stereocenters. The van der Waals surface area contributed by atoms with Crippen molar-refractivity contribution in [3.63, 3.8) is 0 Å². The molecule has 0 spiro atoms. The van der Waals surface area contributed by atoms with Gasteiger partial charge in [-0.3, -0.25) is 4.79 Å². The van der Waals surface area contributed by atoms with Gasteiger partial charge in [0, 0.05) is 23.1 Å². The number of hydrogen-bond acceptors (Lipinski definition) is 2. The van der Waals surface area contributed by atoms with E-state index in [1.807, 2.05) is 18.0 Å². The molecule has 2 rings (SSSR count). The van der Waals surface area contributed by atoms with Crippen LogP contribution in [0.5, 0.6) is 0 Å². The van der Waals surface area contributed by atoms with E-state index in [2.05, 4.69) is 5.32 Å². The van der Waals surface area contributed by atoms with E-state index < -0.39 is 0 Å². The van der Waals surface area contributed by atoms with Crippen molar-refractivity contribution in [2.24, 2.45) is 5.92 Å². The molecule has 3 nitrogen and oxygen atoms in total. The van der Waals surface area contributed by atoms with Gasteiger partial charge in [-0.25, -0.2) is 0 Å². The van der Waals surface area contributed by atoms with Crippen LogP contribution in [0.1, 0.15) is 18.4 Å². The highest BCUT2D eigenvalue weighted by Crippen LogP contribution is 2.23. The van der Waals surface area contributed by atoms with Crippen LogP contribution in [0.15, 0.2) is 18.2 Å². The summed E-state index contributed by atoms with van der Waals surface area (Å²) in [5.74, 6) is 0.702. The van der Waals surface area contributed by atoms with Crippen LogP contribution in [0.3, 0.4) is 0 Å². The number of rotatable bonds is 4. The quantitative estimate of drug-likeness (QED) is 0.926. The SMILES string of the molecule is CNCC1CCCN(C(=O)Cc2ccc(Cl)cc2Cl)C1. The lowest BCUT2D eigenvalue weighted by molar-refractivity contribution is -0.132. The molecule has 1 heterocycles. The molecule has 110 valence electrons. The summed E-state index contributed by atoms with van der Waals surface area (Å²) in [6.45, 7) is 2.65. The monoisotopic (exact) mass is 314 g/mol. The lowest BCUT2D eigenvalue weighted by Crippen LogP contribution is -2.43. The van der Waals surface area contributed by atoms with Gasteiger partial charge in [-0.1, -0.05) is 29.3 Å². The summed E-state index contributed by atoms with van der Waals surface area (Å²) in [6, 6.07) is 5.29. The van der Waals surface area contributed by atoms with Gasteiger partial charge >= 0.3 is 0 Å². The average Bonchev–Trinajstić information content (AvgIpc) is 2.42. The van der Waals surface area contributed by atoms with Crippen LogP contribution in [-0.2, 0) is 11.2 Å². The number of hydrogen-bond donors (Lipinski definition) is 1. The Hall–Kier alpha value is -0.770. The van der Waals surface area contributed by atoms with Crippen LogP contribution >= 0.6 is 23.2 Å². The lowest BCUT2D eigenvalue weighted by Gasteiger charge is -2.33. The zero-order valence-electron chi connectivity index (χ0n) is 11.7. The Balaban J connectivity index is 1.97. The Labute approximate surface area is 130 Å². The maximum atomic E-state index is 12.4. The number of halogens is 2. The van der Waals surface area contributed by atoms with Gasteiger partial charge in [-0.15, -0.1) is 0 Å². The molecule has 1 aliphatic rings. The van der Waals surface area contributed by atoms with Crippen LogP contribution in [0.25, 0.3) is 0 Å². The molecule has 1 aromatic carbocycles. The summed E-state index contributed by atoms with van der Waals surface area (Å²) in [4.78, 5) is 14.3. The number of piperidine rings is 1. The molecule has 0 radical (unpaired) electrons. The number of carbonyl (C=O) groups excluding carboxylic acids is 1. The summed E-state index contributed by atoms with van der Waals surface area (Å²) in [7, 11) is 1.95. The normalized spacial score (nSPS) is 19.1. The van der Waals surface area contributed by atoms with E-state index in [1.54, 1.807) is 12.1 Å². The van der Waals surface area contributed by atoms with Crippen LogP contribution < -0.4 is 5.32 Å². The first-order valence-corrected chi connectivity index (χ1v) is 7.72. The van der Waals surface area contributed by atoms with Crippen molar-refractivity contribution < 1.29 is 4.79 Å². The maximum Gasteiger partial charge on any atom is 0.227 e. The Morgan fingerprint density at radius 3 is 2.95 bits per heavy atom. The van der Waals surface area contributed by atoms with E-state index in [0.29, 0.717) is 22.4 Å². The van der Waals surface area contributed by atoms with Crippen LogP contribution in [0.2, 0.25) is 10.0 Å². The van der Waals surface area contributed by atoms with Crippen molar-refractivity contribution >= 4 is 29.1 Å². The summed E-state index contributed by atoms with van der Waals surface area (Å²) in [5.41, 5.74) is 0.844. The van der Waals surface area contributed by atoms with Crippen molar-refractivity contribution in [2.75, 3.05) is 26.7 Å². The molecule has 0 aromatic heterocycles. The zero-order valence-corrected chi connectivity index (χ0v) is 13.2. The largest absolute Gasteiger partial charge is 0.342 e. The minimum Gasteiger partial charge on any atom is -0.342 e. The second-order valence-corrected chi connectivity index (χ2v) is 6.16. The van der Waals surface area contributed by atoms with E-state index in [9.17, 15) is 4.79 Å². The maximum absolute atomic E-state index is 12.4.